The number of carbonyl (C=O) groups is 2. The van der Waals surface area contributed by atoms with Crippen molar-refractivity contribution in [3.8, 4) is 5.75 Å². The van der Waals surface area contributed by atoms with Crippen molar-refractivity contribution >= 4 is 22.6 Å². The van der Waals surface area contributed by atoms with Crippen LogP contribution < -0.4 is 10.1 Å². The molecule has 36 heavy (non-hydrogen) atoms. The van der Waals surface area contributed by atoms with Crippen LogP contribution in [-0.2, 0) is 22.6 Å². The maximum absolute atomic E-state index is 13.7. The molecule has 4 aromatic carbocycles. The molecule has 5 heteroatoms. The van der Waals surface area contributed by atoms with Crippen LogP contribution in [0.15, 0.2) is 103 Å². The third kappa shape index (κ3) is 6.51. The Hall–Kier alpha value is -4.12. The van der Waals surface area contributed by atoms with E-state index < -0.39 is 6.04 Å². The summed E-state index contributed by atoms with van der Waals surface area (Å²) in [6, 6.07) is 32.6. The number of nitrogens with zero attached hydrogens (tertiary/aromatic N) is 1. The molecule has 0 radical (unpaired) electrons. The summed E-state index contributed by atoms with van der Waals surface area (Å²) >= 11 is 0. The molecule has 0 heterocycles. The average molecular weight is 481 g/mol. The summed E-state index contributed by atoms with van der Waals surface area (Å²) in [6.07, 6.45) is 1.24. The predicted molar refractivity (Wildman–Crippen MR) is 144 cm³/mol. The Balaban J connectivity index is 1.61. The van der Waals surface area contributed by atoms with Gasteiger partial charge in [-0.3, -0.25) is 9.59 Å². The van der Waals surface area contributed by atoms with E-state index in [1.807, 2.05) is 110 Å². The molecule has 184 valence electrons. The van der Waals surface area contributed by atoms with Crippen LogP contribution in [0.2, 0.25) is 0 Å². The summed E-state index contributed by atoms with van der Waals surface area (Å²) in [5.74, 6) is 0.255. The zero-order valence-corrected chi connectivity index (χ0v) is 20.6. The number of fused-ring (bicyclic) bond motifs is 1. The van der Waals surface area contributed by atoms with Crippen molar-refractivity contribution in [1.29, 1.82) is 0 Å². The molecule has 0 aliphatic rings. The van der Waals surface area contributed by atoms with E-state index >= 15 is 0 Å². The number of amides is 2. The van der Waals surface area contributed by atoms with E-state index in [9.17, 15) is 9.59 Å². The quantitative estimate of drug-likeness (QED) is 0.313. The van der Waals surface area contributed by atoms with Gasteiger partial charge in [0.1, 0.15) is 11.8 Å². The Bertz CT molecular complexity index is 1270. The summed E-state index contributed by atoms with van der Waals surface area (Å²) in [5.41, 5.74) is 1.95. The van der Waals surface area contributed by atoms with E-state index in [2.05, 4.69) is 5.32 Å². The van der Waals surface area contributed by atoms with Gasteiger partial charge in [0.2, 0.25) is 5.91 Å². The first-order chi connectivity index (χ1) is 17.7. The second kappa shape index (κ2) is 12.5. The van der Waals surface area contributed by atoms with Crippen molar-refractivity contribution in [2.45, 2.75) is 32.4 Å². The van der Waals surface area contributed by atoms with E-state index in [1.165, 1.54) is 0 Å². The normalized spacial score (nSPS) is 11.6. The van der Waals surface area contributed by atoms with Crippen LogP contribution in [0.25, 0.3) is 10.8 Å². The third-order valence-corrected chi connectivity index (χ3v) is 6.12. The Kier molecular flexibility index (Phi) is 8.71. The lowest BCUT2D eigenvalue weighted by atomic mass is 10.0. The first-order valence-corrected chi connectivity index (χ1v) is 12.4. The molecule has 0 saturated carbocycles. The monoisotopic (exact) mass is 480 g/mol. The molecular formula is C31H32N2O3. The van der Waals surface area contributed by atoms with E-state index in [0.717, 1.165) is 28.3 Å². The molecule has 1 N–H and O–H groups in total. The zero-order chi connectivity index (χ0) is 25.2. The molecule has 0 unspecified atom stereocenters. The fraction of sp³-hybridized carbons (Fsp3) is 0.226. The van der Waals surface area contributed by atoms with Gasteiger partial charge in [-0.05, 0) is 29.0 Å². The molecule has 5 nitrogen and oxygen atoms in total. The van der Waals surface area contributed by atoms with Gasteiger partial charge >= 0.3 is 0 Å². The van der Waals surface area contributed by atoms with Gasteiger partial charge in [0.25, 0.3) is 5.91 Å². The summed E-state index contributed by atoms with van der Waals surface area (Å²) in [6.45, 7) is 2.73. The van der Waals surface area contributed by atoms with Crippen LogP contribution in [-0.4, -0.2) is 35.9 Å². The highest BCUT2D eigenvalue weighted by molar-refractivity contribution is 5.90. The fourth-order valence-corrected chi connectivity index (χ4v) is 4.24. The lowest BCUT2D eigenvalue weighted by Gasteiger charge is -2.31. The molecule has 0 fully saturated rings. The van der Waals surface area contributed by atoms with Crippen molar-refractivity contribution in [2.24, 2.45) is 0 Å². The summed E-state index contributed by atoms with van der Waals surface area (Å²) in [4.78, 5) is 28.7. The number of rotatable bonds is 11. The first kappa shape index (κ1) is 25.0. The number of hydrogen-bond acceptors (Lipinski definition) is 3. The van der Waals surface area contributed by atoms with Crippen LogP contribution >= 0.6 is 0 Å². The number of nitrogens with one attached hydrogen (secondary N) is 1. The van der Waals surface area contributed by atoms with Crippen molar-refractivity contribution in [1.82, 2.24) is 10.2 Å². The molecule has 2 amide bonds. The second-order valence-electron chi connectivity index (χ2n) is 8.77. The Morgan fingerprint density at radius 1 is 0.806 bits per heavy atom. The standard InChI is InChI=1S/C31H32N2O3/c1-2-20-32-31(35)28(21-24-12-5-3-6-13-24)33(22-25-14-7-4-8-15-25)30(34)23-36-29-19-11-17-26-16-9-10-18-27(26)29/h3-19,28H,2,20-23H2,1H3,(H,32,35)/t28-/m0/s1. The highest BCUT2D eigenvalue weighted by atomic mass is 16.5. The van der Waals surface area contributed by atoms with E-state index in [0.29, 0.717) is 25.3 Å². The smallest absolute Gasteiger partial charge is 0.261 e. The lowest BCUT2D eigenvalue weighted by molar-refractivity contribution is -0.142. The number of carbonyl (C=O) groups excluding carboxylic acids is 2. The minimum Gasteiger partial charge on any atom is -0.483 e. The second-order valence-corrected chi connectivity index (χ2v) is 8.77. The van der Waals surface area contributed by atoms with E-state index in [1.54, 1.807) is 4.90 Å². The number of benzene rings is 4. The lowest BCUT2D eigenvalue weighted by Crippen LogP contribution is -2.51. The Labute approximate surface area is 212 Å². The first-order valence-electron chi connectivity index (χ1n) is 12.4. The van der Waals surface area contributed by atoms with Crippen LogP contribution in [0, 0.1) is 0 Å². The molecule has 4 aromatic rings. The Morgan fingerprint density at radius 3 is 2.17 bits per heavy atom. The minimum absolute atomic E-state index is 0.157. The van der Waals surface area contributed by atoms with Gasteiger partial charge in [-0.25, -0.2) is 0 Å². The molecule has 0 saturated heterocycles. The van der Waals surface area contributed by atoms with Gasteiger partial charge in [0, 0.05) is 24.9 Å². The van der Waals surface area contributed by atoms with E-state index in [-0.39, 0.29) is 18.4 Å². The fourth-order valence-electron chi connectivity index (χ4n) is 4.24. The molecule has 0 aromatic heterocycles. The minimum atomic E-state index is -0.664. The highest BCUT2D eigenvalue weighted by Gasteiger charge is 2.30. The van der Waals surface area contributed by atoms with Gasteiger partial charge in [-0.1, -0.05) is 104 Å². The molecule has 0 bridgehead atoms. The van der Waals surface area contributed by atoms with Crippen LogP contribution in [0.1, 0.15) is 24.5 Å². The van der Waals surface area contributed by atoms with Gasteiger partial charge in [-0.15, -0.1) is 0 Å². The maximum Gasteiger partial charge on any atom is 0.261 e. The molecule has 1 atom stereocenters. The zero-order valence-electron chi connectivity index (χ0n) is 20.6. The Morgan fingerprint density at radius 2 is 1.44 bits per heavy atom. The maximum atomic E-state index is 13.7. The van der Waals surface area contributed by atoms with Crippen LogP contribution in [0.3, 0.4) is 0 Å². The van der Waals surface area contributed by atoms with Crippen LogP contribution in [0.4, 0.5) is 0 Å². The van der Waals surface area contributed by atoms with E-state index in [4.69, 9.17) is 4.74 Å². The van der Waals surface area contributed by atoms with Crippen molar-refractivity contribution < 1.29 is 14.3 Å². The predicted octanol–water partition coefficient (Wildman–Crippen LogP) is 5.38. The highest BCUT2D eigenvalue weighted by Crippen LogP contribution is 2.25. The SMILES string of the molecule is CCCNC(=O)[C@H](Cc1ccccc1)N(Cc1ccccc1)C(=O)COc1cccc2ccccc12. The van der Waals surface area contributed by atoms with Crippen LogP contribution in [0.5, 0.6) is 5.75 Å². The molecular weight excluding hydrogens is 448 g/mol. The number of ether oxygens (including phenoxy) is 1. The summed E-state index contributed by atoms with van der Waals surface area (Å²) < 4.78 is 6.04. The molecule has 0 aliphatic carbocycles. The number of hydrogen-bond donors (Lipinski definition) is 1. The summed E-state index contributed by atoms with van der Waals surface area (Å²) in [7, 11) is 0. The van der Waals surface area contributed by atoms with Gasteiger partial charge < -0.3 is 15.0 Å². The molecule has 0 spiro atoms. The third-order valence-electron chi connectivity index (χ3n) is 6.12. The largest absolute Gasteiger partial charge is 0.483 e. The van der Waals surface area contributed by atoms with Gasteiger partial charge in [0.15, 0.2) is 6.61 Å². The average Bonchev–Trinajstić information content (AvgIpc) is 2.93. The molecule has 0 aliphatic heterocycles. The van der Waals surface area contributed by atoms with Crippen molar-refractivity contribution in [3.63, 3.8) is 0 Å². The van der Waals surface area contributed by atoms with Gasteiger partial charge in [-0.2, -0.15) is 0 Å². The molecule has 4 rings (SSSR count). The van der Waals surface area contributed by atoms with Gasteiger partial charge in [0.05, 0.1) is 0 Å². The van der Waals surface area contributed by atoms with Crippen molar-refractivity contribution in [2.75, 3.05) is 13.2 Å². The van der Waals surface area contributed by atoms with Crippen molar-refractivity contribution in [3.05, 3.63) is 114 Å². The topological polar surface area (TPSA) is 58.6 Å². The summed E-state index contributed by atoms with van der Waals surface area (Å²) in [5, 5.41) is 4.99.